The molecule has 0 saturated carbocycles. The molecule has 1 heterocycles. The molecule has 3 nitrogen and oxygen atoms in total. The molecule has 4 heteroatoms. The maximum atomic E-state index is 10.0. The van der Waals surface area contributed by atoms with Gasteiger partial charge in [0.15, 0.2) is 0 Å². The fraction of sp³-hybridized carbons (Fsp3) is 0.267. The fourth-order valence-electron chi connectivity index (χ4n) is 1.85. The lowest BCUT2D eigenvalue weighted by atomic mass is 10.1. The first-order chi connectivity index (χ1) is 9.16. The lowest BCUT2D eigenvalue weighted by Crippen LogP contribution is -2.21. The monoisotopic (exact) mass is 276 g/mol. The second-order valence-electron chi connectivity index (χ2n) is 4.50. The van der Waals surface area contributed by atoms with Crippen LogP contribution < -0.4 is 5.32 Å². The number of aryl methyl sites for hydroxylation is 1. The first-order valence-corrected chi connectivity index (χ1v) is 6.58. The molecule has 0 saturated heterocycles. The Morgan fingerprint density at radius 2 is 2.00 bits per heavy atom. The molecular formula is C15H17ClN2O. The molecule has 0 aliphatic rings. The van der Waals surface area contributed by atoms with E-state index in [1.54, 1.807) is 18.3 Å². The lowest BCUT2D eigenvalue weighted by molar-refractivity contribution is 0.174. The molecule has 0 aliphatic heterocycles. The van der Waals surface area contributed by atoms with Gasteiger partial charge < -0.3 is 10.4 Å². The second-order valence-corrected chi connectivity index (χ2v) is 4.94. The van der Waals surface area contributed by atoms with Crippen LogP contribution in [0.15, 0.2) is 42.7 Å². The van der Waals surface area contributed by atoms with Crippen molar-refractivity contribution in [3.8, 4) is 0 Å². The smallest absolute Gasteiger partial charge is 0.0914 e. The van der Waals surface area contributed by atoms with Crippen LogP contribution in [0.3, 0.4) is 0 Å². The number of halogens is 1. The van der Waals surface area contributed by atoms with E-state index in [2.05, 4.69) is 10.3 Å². The average molecular weight is 277 g/mol. The maximum absolute atomic E-state index is 10.0. The predicted octanol–water partition coefficient (Wildman–Crippen LogP) is 2.87. The van der Waals surface area contributed by atoms with E-state index in [1.807, 2.05) is 31.3 Å². The van der Waals surface area contributed by atoms with Gasteiger partial charge >= 0.3 is 0 Å². The molecule has 2 N–H and O–H groups in total. The van der Waals surface area contributed by atoms with Gasteiger partial charge in [-0.05, 0) is 41.8 Å². The van der Waals surface area contributed by atoms with Crippen molar-refractivity contribution < 1.29 is 5.11 Å². The van der Waals surface area contributed by atoms with Gasteiger partial charge in [0.05, 0.1) is 6.10 Å². The van der Waals surface area contributed by atoms with E-state index in [9.17, 15) is 5.11 Å². The topological polar surface area (TPSA) is 45.2 Å². The third-order valence-corrected chi connectivity index (χ3v) is 3.30. The number of aromatic nitrogens is 1. The van der Waals surface area contributed by atoms with E-state index in [1.165, 1.54) is 5.56 Å². The Morgan fingerprint density at radius 1 is 1.26 bits per heavy atom. The number of aliphatic hydroxyl groups excluding tert-OH is 1. The zero-order chi connectivity index (χ0) is 13.7. The first kappa shape index (κ1) is 14.0. The minimum absolute atomic E-state index is 0.503. The van der Waals surface area contributed by atoms with Crippen molar-refractivity contribution in [2.45, 2.75) is 19.6 Å². The molecule has 0 fully saturated rings. The van der Waals surface area contributed by atoms with Crippen LogP contribution in [0, 0.1) is 6.92 Å². The van der Waals surface area contributed by atoms with Gasteiger partial charge in [0, 0.05) is 30.5 Å². The first-order valence-electron chi connectivity index (χ1n) is 6.20. The number of rotatable bonds is 5. The Kier molecular flexibility index (Phi) is 4.91. The summed E-state index contributed by atoms with van der Waals surface area (Å²) < 4.78 is 0. The molecular weight excluding hydrogens is 260 g/mol. The standard InChI is InChI=1S/C15H17ClN2O/c1-11-8-17-7-6-13(11)9-18-10-15(19)12-2-4-14(16)5-3-12/h2-8,15,18-19H,9-10H2,1H3. The summed E-state index contributed by atoms with van der Waals surface area (Å²) in [6, 6.07) is 9.23. The Morgan fingerprint density at radius 3 is 2.68 bits per heavy atom. The molecule has 1 unspecified atom stereocenters. The van der Waals surface area contributed by atoms with Gasteiger partial charge in [0.25, 0.3) is 0 Å². The normalized spacial score (nSPS) is 12.4. The van der Waals surface area contributed by atoms with Crippen LogP contribution in [0.1, 0.15) is 22.8 Å². The molecule has 0 amide bonds. The van der Waals surface area contributed by atoms with E-state index in [4.69, 9.17) is 11.6 Å². The minimum Gasteiger partial charge on any atom is -0.387 e. The number of hydrogen-bond donors (Lipinski definition) is 2. The van der Waals surface area contributed by atoms with E-state index < -0.39 is 6.10 Å². The summed E-state index contributed by atoms with van der Waals surface area (Å²) in [6.45, 7) is 3.25. The summed E-state index contributed by atoms with van der Waals surface area (Å²) in [6.07, 6.45) is 3.09. The van der Waals surface area contributed by atoms with Crippen molar-refractivity contribution in [1.29, 1.82) is 0 Å². The van der Waals surface area contributed by atoms with Gasteiger partial charge in [0.2, 0.25) is 0 Å². The number of pyridine rings is 1. The zero-order valence-corrected chi connectivity index (χ0v) is 11.6. The number of nitrogens with one attached hydrogen (secondary N) is 1. The molecule has 2 rings (SSSR count). The van der Waals surface area contributed by atoms with Crippen molar-refractivity contribution in [2.75, 3.05) is 6.54 Å². The van der Waals surface area contributed by atoms with Crippen molar-refractivity contribution >= 4 is 11.6 Å². The quantitative estimate of drug-likeness (QED) is 0.883. The summed E-state index contributed by atoms with van der Waals surface area (Å²) >= 11 is 5.81. The molecule has 2 aromatic rings. The van der Waals surface area contributed by atoms with Gasteiger partial charge in [-0.15, -0.1) is 0 Å². The minimum atomic E-state index is -0.528. The van der Waals surface area contributed by atoms with E-state index in [-0.39, 0.29) is 0 Å². The highest BCUT2D eigenvalue weighted by Crippen LogP contribution is 2.16. The SMILES string of the molecule is Cc1cnccc1CNCC(O)c1ccc(Cl)cc1. The summed E-state index contributed by atoms with van der Waals surface area (Å²) in [5, 5.41) is 14.0. The lowest BCUT2D eigenvalue weighted by Gasteiger charge is -2.13. The van der Waals surface area contributed by atoms with Gasteiger partial charge in [-0.2, -0.15) is 0 Å². The summed E-state index contributed by atoms with van der Waals surface area (Å²) in [4.78, 5) is 4.05. The average Bonchev–Trinajstić information content (AvgIpc) is 2.41. The van der Waals surface area contributed by atoms with Crippen LogP contribution >= 0.6 is 11.6 Å². The Hall–Kier alpha value is -1.42. The van der Waals surface area contributed by atoms with E-state index >= 15 is 0 Å². The molecule has 19 heavy (non-hydrogen) atoms. The van der Waals surface area contributed by atoms with Gasteiger partial charge in [-0.25, -0.2) is 0 Å². The van der Waals surface area contributed by atoms with Gasteiger partial charge in [-0.1, -0.05) is 23.7 Å². The highest BCUT2D eigenvalue weighted by Gasteiger charge is 2.07. The number of aliphatic hydroxyl groups is 1. The Bertz CT molecular complexity index is 528. The third-order valence-electron chi connectivity index (χ3n) is 3.04. The van der Waals surface area contributed by atoms with Crippen molar-refractivity contribution in [3.05, 3.63) is 64.4 Å². The number of hydrogen-bond acceptors (Lipinski definition) is 3. The summed E-state index contributed by atoms with van der Waals surface area (Å²) in [5.74, 6) is 0. The zero-order valence-electron chi connectivity index (χ0n) is 10.8. The number of benzene rings is 1. The maximum Gasteiger partial charge on any atom is 0.0914 e. The molecule has 0 radical (unpaired) electrons. The highest BCUT2D eigenvalue weighted by atomic mass is 35.5. The van der Waals surface area contributed by atoms with E-state index in [0.717, 1.165) is 17.7 Å². The van der Waals surface area contributed by atoms with Crippen molar-refractivity contribution in [3.63, 3.8) is 0 Å². The molecule has 0 bridgehead atoms. The molecule has 1 aromatic heterocycles. The molecule has 1 aromatic carbocycles. The van der Waals surface area contributed by atoms with Crippen molar-refractivity contribution in [2.24, 2.45) is 0 Å². The van der Waals surface area contributed by atoms with Crippen LogP contribution in [0.2, 0.25) is 5.02 Å². The largest absolute Gasteiger partial charge is 0.387 e. The van der Waals surface area contributed by atoms with E-state index in [0.29, 0.717) is 11.6 Å². The third kappa shape index (κ3) is 4.03. The van der Waals surface area contributed by atoms with Crippen molar-refractivity contribution in [1.82, 2.24) is 10.3 Å². The molecule has 0 spiro atoms. The second kappa shape index (κ2) is 6.66. The molecule has 0 aliphatic carbocycles. The Labute approximate surface area is 118 Å². The fourth-order valence-corrected chi connectivity index (χ4v) is 1.97. The van der Waals surface area contributed by atoms with Gasteiger partial charge in [-0.3, -0.25) is 4.98 Å². The van der Waals surface area contributed by atoms with Crippen LogP contribution in [-0.2, 0) is 6.54 Å². The van der Waals surface area contributed by atoms with Gasteiger partial charge in [0.1, 0.15) is 0 Å². The van der Waals surface area contributed by atoms with Crippen LogP contribution in [0.5, 0.6) is 0 Å². The molecule has 100 valence electrons. The highest BCUT2D eigenvalue weighted by molar-refractivity contribution is 6.30. The predicted molar refractivity (Wildman–Crippen MR) is 77.1 cm³/mol. The Balaban J connectivity index is 1.86. The van der Waals surface area contributed by atoms with Crippen LogP contribution in [0.4, 0.5) is 0 Å². The summed E-state index contributed by atoms with van der Waals surface area (Å²) in [5.41, 5.74) is 3.21. The molecule has 1 atom stereocenters. The van der Waals surface area contributed by atoms with Crippen LogP contribution in [0.25, 0.3) is 0 Å². The summed E-state index contributed by atoms with van der Waals surface area (Å²) in [7, 11) is 0. The number of nitrogens with zero attached hydrogens (tertiary/aromatic N) is 1. The van der Waals surface area contributed by atoms with Crippen LogP contribution in [-0.4, -0.2) is 16.6 Å².